The molecule has 3 heterocycles. The Morgan fingerprint density at radius 1 is 1.07 bits per heavy atom. The SMILES string of the molecule is CCOCCOc1ncc2[nH]c(=O)n(Cc3ccc(CN4CCCC4)cc3)c2n1. The molecule has 1 aliphatic rings. The van der Waals surface area contributed by atoms with Gasteiger partial charge in [0.25, 0.3) is 0 Å². The van der Waals surface area contributed by atoms with E-state index in [0.29, 0.717) is 37.5 Å². The fourth-order valence-corrected chi connectivity index (χ4v) is 3.61. The first kappa shape index (κ1) is 19.6. The molecule has 0 bridgehead atoms. The van der Waals surface area contributed by atoms with Gasteiger partial charge in [-0.3, -0.25) is 9.47 Å². The van der Waals surface area contributed by atoms with Crippen LogP contribution in [0.25, 0.3) is 11.2 Å². The van der Waals surface area contributed by atoms with Gasteiger partial charge in [0.15, 0.2) is 5.65 Å². The molecular weight excluding hydrogens is 370 g/mol. The summed E-state index contributed by atoms with van der Waals surface area (Å²) < 4.78 is 12.4. The lowest BCUT2D eigenvalue weighted by molar-refractivity contribution is 0.106. The second-order valence-electron chi connectivity index (χ2n) is 7.25. The van der Waals surface area contributed by atoms with E-state index in [9.17, 15) is 4.79 Å². The second kappa shape index (κ2) is 9.19. The summed E-state index contributed by atoms with van der Waals surface area (Å²) in [6.07, 6.45) is 4.16. The molecule has 4 rings (SSSR count). The number of fused-ring (bicyclic) bond motifs is 1. The maximum absolute atomic E-state index is 12.4. The maximum Gasteiger partial charge on any atom is 0.328 e. The molecule has 1 aliphatic heterocycles. The Kier molecular flexibility index (Phi) is 6.21. The van der Waals surface area contributed by atoms with E-state index in [4.69, 9.17) is 9.47 Å². The van der Waals surface area contributed by atoms with E-state index in [1.165, 1.54) is 31.5 Å². The Balaban J connectivity index is 1.47. The number of aromatic amines is 1. The molecule has 29 heavy (non-hydrogen) atoms. The Labute approximate surface area is 169 Å². The van der Waals surface area contributed by atoms with Crippen molar-refractivity contribution >= 4 is 11.2 Å². The number of H-pyrrole nitrogens is 1. The van der Waals surface area contributed by atoms with Crippen molar-refractivity contribution in [2.75, 3.05) is 32.9 Å². The molecule has 1 aromatic carbocycles. The molecule has 2 aromatic heterocycles. The van der Waals surface area contributed by atoms with Crippen molar-refractivity contribution in [3.63, 3.8) is 0 Å². The molecule has 0 amide bonds. The Morgan fingerprint density at radius 3 is 2.52 bits per heavy atom. The molecule has 1 N–H and O–H groups in total. The minimum absolute atomic E-state index is 0.207. The number of aromatic nitrogens is 4. The van der Waals surface area contributed by atoms with Crippen LogP contribution in [0.4, 0.5) is 0 Å². The quantitative estimate of drug-likeness (QED) is 0.557. The Morgan fingerprint density at radius 2 is 1.79 bits per heavy atom. The van der Waals surface area contributed by atoms with Crippen molar-refractivity contribution in [2.24, 2.45) is 0 Å². The molecule has 8 nitrogen and oxygen atoms in total. The topological polar surface area (TPSA) is 85.3 Å². The van der Waals surface area contributed by atoms with E-state index in [1.807, 2.05) is 6.92 Å². The smallest absolute Gasteiger partial charge is 0.328 e. The number of nitrogens with one attached hydrogen (secondary N) is 1. The second-order valence-corrected chi connectivity index (χ2v) is 7.25. The standard InChI is InChI=1S/C21H27N5O3/c1-2-28-11-12-29-20-22-13-18-19(24-20)26(21(27)23-18)15-17-7-5-16(6-8-17)14-25-9-3-4-10-25/h5-8,13H,2-4,9-12,14-15H2,1H3,(H,23,27). The molecule has 0 saturated carbocycles. The molecule has 3 aromatic rings. The van der Waals surface area contributed by atoms with Crippen molar-refractivity contribution in [1.82, 2.24) is 24.4 Å². The fourth-order valence-electron chi connectivity index (χ4n) is 3.61. The highest BCUT2D eigenvalue weighted by Crippen LogP contribution is 2.15. The predicted molar refractivity (Wildman–Crippen MR) is 110 cm³/mol. The van der Waals surface area contributed by atoms with E-state index >= 15 is 0 Å². The van der Waals surface area contributed by atoms with Crippen molar-refractivity contribution in [3.8, 4) is 6.01 Å². The monoisotopic (exact) mass is 397 g/mol. The summed E-state index contributed by atoms with van der Waals surface area (Å²) in [6, 6.07) is 8.69. The average Bonchev–Trinajstić information content (AvgIpc) is 3.35. The number of nitrogens with zero attached hydrogens (tertiary/aromatic N) is 4. The van der Waals surface area contributed by atoms with E-state index in [-0.39, 0.29) is 11.7 Å². The normalized spacial score (nSPS) is 14.7. The van der Waals surface area contributed by atoms with Gasteiger partial charge >= 0.3 is 11.7 Å². The van der Waals surface area contributed by atoms with Crippen molar-refractivity contribution in [3.05, 3.63) is 52.1 Å². The third-order valence-electron chi connectivity index (χ3n) is 5.12. The molecule has 0 aliphatic carbocycles. The van der Waals surface area contributed by atoms with E-state index in [1.54, 1.807) is 10.8 Å². The lowest BCUT2D eigenvalue weighted by atomic mass is 10.1. The van der Waals surface area contributed by atoms with Crippen LogP contribution in [0.5, 0.6) is 6.01 Å². The van der Waals surface area contributed by atoms with Crippen molar-refractivity contribution < 1.29 is 9.47 Å². The first-order valence-electron chi connectivity index (χ1n) is 10.2. The van der Waals surface area contributed by atoms with Gasteiger partial charge < -0.3 is 14.5 Å². The van der Waals surface area contributed by atoms with Crippen LogP contribution in [0.15, 0.2) is 35.3 Å². The number of benzene rings is 1. The number of rotatable bonds is 9. The van der Waals surface area contributed by atoms with Gasteiger partial charge in [-0.15, -0.1) is 0 Å². The number of hydrogen-bond acceptors (Lipinski definition) is 6. The van der Waals surface area contributed by atoms with Gasteiger partial charge in [-0.2, -0.15) is 4.98 Å². The molecule has 0 radical (unpaired) electrons. The van der Waals surface area contributed by atoms with Gasteiger partial charge in [0, 0.05) is 13.2 Å². The molecule has 1 saturated heterocycles. The molecule has 0 unspecified atom stereocenters. The Hall–Kier alpha value is -2.71. The zero-order valence-electron chi connectivity index (χ0n) is 16.8. The lowest BCUT2D eigenvalue weighted by Crippen LogP contribution is -2.19. The largest absolute Gasteiger partial charge is 0.461 e. The van der Waals surface area contributed by atoms with Crippen molar-refractivity contribution in [2.45, 2.75) is 32.9 Å². The number of ether oxygens (including phenoxy) is 2. The van der Waals surface area contributed by atoms with Gasteiger partial charge in [-0.05, 0) is 44.0 Å². The van der Waals surface area contributed by atoms with Gasteiger partial charge in [0.05, 0.1) is 19.3 Å². The number of hydrogen-bond donors (Lipinski definition) is 1. The van der Waals surface area contributed by atoms with Crippen LogP contribution < -0.4 is 10.4 Å². The van der Waals surface area contributed by atoms with Gasteiger partial charge in [-0.1, -0.05) is 24.3 Å². The summed E-state index contributed by atoms with van der Waals surface area (Å²) >= 11 is 0. The average molecular weight is 397 g/mol. The molecule has 0 spiro atoms. The van der Waals surface area contributed by atoms with Crippen LogP contribution in [-0.4, -0.2) is 57.3 Å². The third-order valence-corrected chi connectivity index (χ3v) is 5.12. The first-order chi connectivity index (χ1) is 14.2. The Bertz CT molecular complexity index is 990. The van der Waals surface area contributed by atoms with E-state index in [0.717, 1.165) is 12.1 Å². The van der Waals surface area contributed by atoms with Crippen molar-refractivity contribution in [1.29, 1.82) is 0 Å². The molecule has 8 heteroatoms. The highest BCUT2D eigenvalue weighted by molar-refractivity contribution is 5.69. The molecule has 0 atom stereocenters. The zero-order valence-corrected chi connectivity index (χ0v) is 16.8. The summed E-state index contributed by atoms with van der Waals surface area (Å²) in [5, 5.41) is 0. The van der Waals surface area contributed by atoms with Crippen LogP contribution in [0, 0.1) is 0 Å². The van der Waals surface area contributed by atoms with Gasteiger partial charge in [-0.25, -0.2) is 9.78 Å². The molecule has 1 fully saturated rings. The summed E-state index contributed by atoms with van der Waals surface area (Å²) in [5.74, 6) is 0. The molecule has 154 valence electrons. The number of likely N-dealkylation sites (tertiary alicyclic amines) is 1. The van der Waals surface area contributed by atoms with Crippen LogP contribution in [0.3, 0.4) is 0 Å². The zero-order chi connectivity index (χ0) is 20.1. The fraction of sp³-hybridized carbons (Fsp3) is 0.476. The summed E-state index contributed by atoms with van der Waals surface area (Å²) in [7, 11) is 0. The lowest BCUT2D eigenvalue weighted by Gasteiger charge is -2.14. The highest BCUT2D eigenvalue weighted by Gasteiger charge is 2.13. The van der Waals surface area contributed by atoms with Gasteiger partial charge in [0.2, 0.25) is 0 Å². The minimum atomic E-state index is -0.207. The molecular formula is C21H27N5O3. The minimum Gasteiger partial charge on any atom is -0.461 e. The maximum atomic E-state index is 12.4. The van der Waals surface area contributed by atoms with Gasteiger partial charge in [0.1, 0.15) is 12.1 Å². The predicted octanol–water partition coefficient (Wildman–Crippen LogP) is 2.18. The highest BCUT2D eigenvalue weighted by atomic mass is 16.5. The summed E-state index contributed by atoms with van der Waals surface area (Å²) in [6.45, 7) is 7.20. The van der Waals surface area contributed by atoms with Crippen LogP contribution in [-0.2, 0) is 17.8 Å². The number of imidazole rings is 1. The summed E-state index contributed by atoms with van der Waals surface area (Å²) in [5.41, 5.74) is 3.28. The van der Waals surface area contributed by atoms with Crippen LogP contribution in [0.2, 0.25) is 0 Å². The summed E-state index contributed by atoms with van der Waals surface area (Å²) in [4.78, 5) is 26.3. The first-order valence-corrected chi connectivity index (χ1v) is 10.2. The van der Waals surface area contributed by atoms with Crippen LogP contribution in [0.1, 0.15) is 30.9 Å². The van der Waals surface area contributed by atoms with Crippen LogP contribution >= 0.6 is 0 Å². The van der Waals surface area contributed by atoms with E-state index in [2.05, 4.69) is 44.1 Å². The third kappa shape index (κ3) is 4.83. The van der Waals surface area contributed by atoms with E-state index < -0.39 is 0 Å².